The highest BCUT2D eigenvalue weighted by Crippen LogP contribution is 2.21. The molecule has 0 aromatic rings. The molecule has 1 aliphatic heterocycles. The summed E-state index contributed by atoms with van der Waals surface area (Å²) in [6, 6.07) is 0. The molecule has 2 atom stereocenters. The van der Waals surface area contributed by atoms with Gasteiger partial charge >= 0.3 is 11.9 Å². The van der Waals surface area contributed by atoms with Crippen molar-refractivity contribution in [2.75, 3.05) is 99.4 Å². The molecule has 486 valence electrons. The highest BCUT2D eigenvalue weighted by molar-refractivity contribution is 5.78. The fourth-order valence-corrected chi connectivity index (χ4v) is 10.9. The van der Waals surface area contributed by atoms with Crippen molar-refractivity contribution >= 4 is 17.8 Å². The lowest BCUT2D eigenvalue weighted by molar-refractivity contribution is -0.151. The van der Waals surface area contributed by atoms with Gasteiger partial charge in [0.05, 0.1) is 59.5 Å². The second-order valence-electron chi connectivity index (χ2n) is 24.2. The van der Waals surface area contributed by atoms with Gasteiger partial charge in [-0.25, -0.2) is 0 Å². The molecule has 13 nitrogen and oxygen atoms in total. The maximum Gasteiger partial charge on any atom is 0.306 e. The zero-order valence-electron chi connectivity index (χ0n) is 54.6. The third-order valence-electron chi connectivity index (χ3n) is 16.3. The molecule has 0 aromatic heterocycles. The summed E-state index contributed by atoms with van der Waals surface area (Å²) in [7, 11) is 2.10. The summed E-state index contributed by atoms with van der Waals surface area (Å²) in [6.07, 6.45) is 48.7. The molecule has 0 radical (unpaired) electrons. The summed E-state index contributed by atoms with van der Waals surface area (Å²) in [5.74, 6) is 0.232. The average Bonchev–Trinajstić information content (AvgIpc) is 3.47. The second kappa shape index (κ2) is 62.2. The number of esters is 2. The number of rotatable bonds is 65. The van der Waals surface area contributed by atoms with Crippen molar-refractivity contribution in [2.24, 2.45) is 5.92 Å². The molecule has 0 aliphatic carbocycles. The molecule has 1 N–H and O–H groups in total. The molecule has 2 unspecified atom stereocenters. The largest absolute Gasteiger partial charge is 0.462 e. The Kier molecular flexibility index (Phi) is 59.3. The number of carbonyl (C=O) groups is 3. The Hall–Kier alpha value is -1.87. The molecule has 0 spiro atoms. The van der Waals surface area contributed by atoms with Gasteiger partial charge in [0, 0.05) is 38.5 Å². The van der Waals surface area contributed by atoms with Crippen molar-refractivity contribution in [1.29, 1.82) is 0 Å². The van der Waals surface area contributed by atoms with Crippen molar-refractivity contribution < 1.29 is 52.3 Å². The van der Waals surface area contributed by atoms with E-state index in [-0.39, 0.29) is 42.1 Å². The molecule has 1 aliphatic rings. The van der Waals surface area contributed by atoms with E-state index in [0.717, 1.165) is 142 Å². The van der Waals surface area contributed by atoms with Gasteiger partial charge in [0.2, 0.25) is 5.91 Å². The molecule has 82 heavy (non-hydrogen) atoms. The van der Waals surface area contributed by atoms with Gasteiger partial charge in [0.25, 0.3) is 0 Å². The Labute approximate surface area is 505 Å². The normalized spacial score (nSPS) is 14.0. The van der Waals surface area contributed by atoms with Gasteiger partial charge < -0.3 is 48.1 Å². The summed E-state index contributed by atoms with van der Waals surface area (Å²) in [5, 5.41) is 3.00. The van der Waals surface area contributed by atoms with Crippen LogP contribution in [0.3, 0.4) is 0 Å². The monoisotopic (exact) mass is 1170 g/mol. The minimum Gasteiger partial charge on any atom is -0.462 e. The van der Waals surface area contributed by atoms with Crippen LogP contribution in [0.4, 0.5) is 0 Å². The molecule has 1 amide bonds. The van der Waals surface area contributed by atoms with Gasteiger partial charge in [-0.3, -0.25) is 14.4 Å². The first-order valence-corrected chi connectivity index (χ1v) is 35.2. The number of piperidine rings is 1. The molecule has 1 heterocycles. The van der Waals surface area contributed by atoms with Crippen LogP contribution in [0.1, 0.15) is 304 Å². The van der Waals surface area contributed by atoms with E-state index in [1.807, 2.05) is 0 Å². The first-order valence-electron chi connectivity index (χ1n) is 35.2. The van der Waals surface area contributed by atoms with Crippen LogP contribution >= 0.6 is 0 Å². The SMILES string of the molecule is CCCCCCCCCC(CCCCCCCC)OC(=O)CCCCCCCOCC(COCCOCCOCCOCCNC(=O)C1CCN(C)CC1)OCCCCCCCC(=O)OC(CCCCCCCC)CCCCCCCC. The quantitative estimate of drug-likeness (QED) is 0.0458. The van der Waals surface area contributed by atoms with Gasteiger partial charge in [-0.2, -0.15) is 0 Å². The van der Waals surface area contributed by atoms with E-state index in [1.54, 1.807) is 0 Å². The average molecular weight is 1170 g/mol. The topological polar surface area (TPSA) is 140 Å². The Morgan fingerprint density at radius 1 is 0.378 bits per heavy atom. The molecule has 0 aromatic carbocycles. The molecule has 0 saturated carbocycles. The standard InChI is InChI=1S/C69H134N2O11/c1-6-10-14-18-22-28-36-44-65(43-35-27-21-17-13-9-4)82-67(72)45-37-29-23-31-39-52-78-61-66(62-79-60-59-77-58-57-76-56-55-75-54-49-70-69(74)63-47-50-71(5)51-48-63)80-53-40-32-24-30-38-46-68(73)81-64(41-33-25-19-15-11-7-2)42-34-26-20-16-12-8-3/h63-66H,6-62H2,1-5H3,(H,70,74). The second-order valence-corrected chi connectivity index (χ2v) is 24.2. The van der Waals surface area contributed by atoms with Crippen LogP contribution in [0.5, 0.6) is 0 Å². The number of amides is 1. The van der Waals surface area contributed by atoms with Crippen LogP contribution < -0.4 is 5.32 Å². The number of nitrogens with one attached hydrogen (secondary N) is 1. The van der Waals surface area contributed by atoms with Gasteiger partial charge in [0.15, 0.2) is 0 Å². The summed E-state index contributed by atoms with van der Waals surface area (Å²) in [6.45, 7) is 17.1. The van der Waals surface area contributed by atoms with E-state index in [4.69, 9.17) is 37.9 Å². The highest BCUT2D eigenvalue weighted by Gasteiger charge is 2.23. The number of likely N-dealkylation sites (tertiary alicyclic amines) is 1. The van der Waals surface area contributed by atoms with E-state index < -0.39 is 0 Å². The van der Waals surface area contributed by atoms with Crippen LogP contribution in [-0.2, 0) is 52.3 Å². The molecule has 0 bridgehead atoms. The van der Waals surface area contributed by atoms with Crippen LogP contribution in [0.15, 0.2) is 0 Å². The number of unbranched alkanes of at least 4 members (excludes halogenated alkanes) is 29. The van der Waals surface area contributed by atoms with Crippen LogP contribution in [-0.4, -0.2) is 140 Å². The van der Waals surface area contributed by atoms with Gasteiger partial charge in [-0.1, -0.05) is 201 Å². The minimum absolute atomic E-state index is 0.00954. The highest BCUT2D eigenvalue weighted by atomic mass is 16.6. The molecule has 1 saturated heterocycles. The van der Waals surface area contributed by atoms with E-state index in [1.165, 1.54) is 135 Å². The summed E-state index contributed by atoms with van der Waals surface area (Å²) < 4.78 is 47.8. The first kappa shape index (κ1) is 78.1. The molecule has 1 fully saturated rings. The maximum atomic E-state index is 12.9. The summed E-state index contributed by atoms with van der Waals surface area (Å²) in [4.78, 5) is 40.5. The van der Waals surface area contributed by atoms with Crippen LogP contribution in [0, 0.1) is 5.92 Å². The predicted octanol–water partition coefficient (Wildman–Crippen LogP) is 16.8. The van der Waals surface area contributed by atoms with Gasteiger partial charge in [-0.15, -0.1) is 0 Å². The van der Waals surface area contributed by atoms with E-state index in [0.29, 0.717) is 92.1 Å². The molecular weight excluding hydrogens is 1030 g/mol. The Balaban J connectivity index is 2.42. The summed E-state index contributed by atoms with van der Waals surface area (Å²) in [5.41, 5.74) is 0. The fraction of sp³-hybridized carbons (Fsp3) is 0.957. The van der Waals surface area contributed by atoms with Crippen molar-refractivity contribution in [3.05, 3.63) is 0 Å². The van der Waals surface area contributed by atoms with Crippen molar-refractivity contribution in [2.45, 2.75) is 322 Å². The van der Waals surface area contributed by atoms with Gasteiger partial charge in [-0.05, 0) is 110 Å². The summed E-state index contributed by atoms with van der Waals surface area (Å²) >= 11 is 0. The lowest BCUT2D eigenvalue weighted by atomic mass is 9.96. The minimum atomic E-state index is -0.164. The number of hydrogen-bond acceptors (Lipinski definition) is 12. The first-order chi connectivity index (χ1) is 40.3. The smallest absolute Gasteiger partial charge is 0.306 e. The molecule has 1 rings (SSSR count). The van der Waals surface area contributed by atoms with E-state index >= 15 is 0 Å². The van der Waals surface area contributed by atoms with E-state index in [2.05, 4.69) is 45.0 Å². The van der Waals surface area contributed by atoms with Gasteiger partial charge in [0.1, 0.15) is 18.3 Å². The van der Waals surface area contributed by atoms with Crippen LogP contribution in [0.25, 0.3) is 0 Å². The lowest BCUT2D eigenvalue weighted by Gasteiger charge is -2.28. The molecular formula is C69H134N2O11. The van der Waals surface area contributed by atoms with E-state index in [9.17, 15) is 14.4 Å². The van der Waals surface area contributed by atoms with Crippen LogP contribution in [0.2, 0.25) is 0 Å². The Morgan fingerprint density at radius 2 is 0.707 bits per heavy atom. The zero-order valence-corrected chi connectivity index (χ0v) is 54.6. The Bertz CT molecular complexity index is 1340. The fourth-order valence-electron chi connectivity index (χ4n) is 10.9. The molecule has 13 heteroatoms. The number of hydrogen-bond donors (Lipinski definition) is 1. The number of carbonyl (C=O) groups excluding carboxylic acids is 3. The number of ether oxygens (including phenoxy) is 8. The lowest BCUT2D eigenvalue weighted by Crippen LogP contribution is -2.40. The maximum absolute atomic E-state index is 12.9. The Morgan fingerprint density at radius 3 is 1.12 bits per heavy atom. The number of nitrogens with zero attached hydrogens (tertiary/aromatic N) is 1. The van der Waals surface area contributed by atoms with Crippen molar-refractivity contribution in [1.82, 2.24) is 10.2 Å². The third kappa shape index (κ3) is 53.6. The third-order valence-corrected chi connectivity index (χ3v) is 16.3. The van der Waals surface area contributed by atoms with Crippen molar-refractivity contribution in [3.8, 4) is 0 Å². The zero-order chi connectivity index (χ0) is 59.3. The van der Waals surface area contributed by atoms with Crippen molar-refractivity contribution in [3.63, 3.8) is 0 Å². The predicted molar refractivity (Wildman–Crippen MR) is 339 cm³/mol.